The van der Waals surface area contributed by atoms with E-state index in [1.165, 1.54) is 0 Å². The molecule has 3 aromatic carbocycles. The van der Waals surface area contributed by atoms with Crippen molar-refractivity contribution in [2.75, 3.05) is 13.7 Å². The van der Waals surface area contributed by atoms with Gasteiger partial charge in [-0.15, -0.1) is 0 Å². The van der Waals surface area contributed by atoms with E-state index < -0.39 is 6.04 Å². The fourth-order valence-electron chi connectivity index (χ4n) is 4.65. The molecule has 1 aliphatic rings. The van der Waals surface area contributed by atoms with Crippen molar-refractivity contribution in [3.05, 3.63) is 93.6 Å². The molecule has 37 heavy (non-hydrogen) atoms. The fraction of sp³-hybridized carbons (Fsp3) is 0.333. The molecule has 0 aromatic heterocycles. The third kappa shape index (κ3) is 7.95. The summed E-state index contributed by atoms with van der Waals surface area (Å²) in [5, 5.41) is 3.22. The lowest BCUT2D eigenvalue weighted by molar-refractivity contribution is -0.143. The van der Waals surface area contributed by atoms with Gasteiger partial charge in [-0.2, -0.15) is 0 Å². The van der Waals surface area contributed by atoms with Crippen molar-refractivity contribution in [3.63, 3.8) is 0 Å². The molecule has 1 N–H and O–H groups in total. The van der Waals surface area contributed by atoms with Crippen LogP contribution < -0.4 is 14.8 Å². The van der Waals surface area contributed by atoms with E-state index >= 15 is 0 Å². The van der Waals surface area contributed by atoms with E-state index in [1.54, 1.807) is 12.0 Å². The van der Waals surface area contributed by atoms with Crippen LogP contribution in [0, 0.1) is 3.57 Å². The summed E-state index contributed by atoms with van der Waals surface area (Å²) in [7, 11) is 1.62. The van der Waals surface area contributed by atoms with Crippen molar-refractivity contribution in [2.45, 2.75) is 50.7 Å². The fourth-order valence-corrected chi connectivity index (χ4v) is 5.01. The summed E-state index contributed by atoms with van der Waals surface area (Å²) in [5.74, 6) is 0.949. The highest BCUT2D eigenvalue weighted by molar-refractivity contribution is 14.1. The Morgan fingerprint density at radius 1 is 0.946 bits per heavy atom. The number of rotatable bonds is 11. The highest BCUT2D eigenvalue weighted by atomic mass is 127. The summed E-state index contributed by atoms with van der Waals surface area (Å²) in [5.41, 5.74) is 1.88. The van der Waals surface area contributed by atoms with E-state index in [0.717, 1.165) is 40.4 Å². The number of carbonyl (C=O) groups is 2. The van der Waals surface area contributed by atoms with Gasteiger partial charge in [-0.1, -0.05) is 55.3 Å². The Kier molecular flexibility index (Phi) is 9.82. The van der Waals surface area contributed by atoms with Gasteiger partial charge in [-0.05, 0) is 83.0 Å². The van der Waals surface area contributed by atoms with Crippen LogP contribution in [0.5, 0.6) is 11.5 Å². The monoisotopic (exact) mass is 612 g/mol. The number of benzene rings is 3. The lowest BCUT2D eigenvalue weighted by atomic mass is 10.0. The van der Waals surface area contributed by atoms with Gasteiger partial charge in [0.25, 0.3) is 5.91 Å². The summed E-state index contributed by atoms with van der Waals surface area (Å²) in [4.78, 5) is 29.1. The van der Waals surface area contributed by atoms with Gasteiger partial charge in [0, 0.05) is 22.6 Å². The van der Waals surface area contributed by atoms with Crippen LogP contribution in [-0.4, -0.2) is 42.5 Å². The molecule has 0 heterocycles. The molecule has 6 nitrogen and oxygen atoms in total. The third-order valence-corrected chi connectivity index (χ3v) is 7.35. The van der Waals surface area contributed by atoms with E-state index in [-0.39, 0.29) is 31.0 Å². The van der Waals surface area contributed by atoms with Crippen LogP contribution >= 0.6 is 22.6 Å². The normalized spacial score (nSPS) is 14.1. The average molecular weight is 613 g/mol. The van der Waals surface area contributed by atoms with Gasteiger partial charge in [0.15, 0.2) is 6.61 Å². The Bertz CT molecular complexity index is 1160. The molecule has 3 aromatic rings. The number of nitrogens with zero attached hydrogens (tertiary/aromatic N) is 1. The van der Waals surface area contributed by atoms with Crippen LogP contribution in [0.25, 0.3) is 0 Å². The number of nitrogens with one attached hydrogen (secondary N) is 1. The molecule has 0 bridgehead atoms. The molecule has 0 spiro atoms. The molecule has 7 heteroatoms. The van der Waals surface area contributed by atoms with Crippen LogP contribution in [0.2, 0.25) is 0 Å². The molecule has 1 fully saturated rings. The smallest absolute Gasteiger partial charge is 0.261 e. The number of methoxy groups -OCH3 is 1. The zero-order valence-electron chi connectivity index (χ0n) is 21.1. The maximum absolute atomic E-state index is 13.7. The zero-order chi connectivity index (χ0) is 26.0. The number of hydrogen-bond acceptors (Lipinski definition) is 4. The van der Waals surface area contributed by atoms with Gasteiger partial charge < -0.3 is 19.7 Å². The second kappa shape index (κ2) is 13.5. The third-order valence-electron chi connectivity index (χ3n) is 6.64. The van der Waals surface area contributed by atoms with Crippen LogP contribution in [0.4, 0.5) is 0 Å². The molecular weight excluding hydrogens is 579 g/mol. The first-order valence-corrected chi connectivity index (χ1v) is 13.7. The maximum Gasteiger partial charge on any atom is 0.261 e. The predicted octanol–water partition coefficient (Wildman–Crippen LogP) is 5.38. The molecule has 1 aliphatic carbocycles. The summed E-state index contributed by atoms with van der Waals surface area (Å²) in [6, 6.07) is 24.5. The zero-order valence-corrected chi connectivity index (χ0v) is 23.2. The Hall–Kier alpha value is -3.07. The number of ether oxygens (including phenoxy) is 2. The number of hydrogen-bond donors (Lipinski definition) is 1. The Labute approximate surface area is 232 Å². The summed E-state index contributed by atoms with van der Waals surface area (Å²) >= 11 is 2.23. The van der Waals surface area contributed by atoms with Gasteiger partial charge >= 0.3 is 0 Å². The van der Waals surface area contributed by atoms with Crippen molar-refractivity contribution >= 4 is 34.4 Å². The Morgan fingerprint density at radius 3 is 2.35 bits per heavy atom. The molecule has 194 valence electrons. The molecule has 1 atom stereocenters. The molecule has 2 amide bonds. The van der Waals surface area contributed by atoms with E-state index in [2.05, 4.69) is 27.9 Å². The van der Waals surface area contributed by atoms with Crippen LogP contribution in [-0.2, 0) is 22.6 Å². The van der Waals surface area contributed by atoms with Crippen LogP contribution in [0.1, 0.15) is 36.8 Å². The first-order valence-electron chi connectivity index (χ1n) is 12.7. The minimum atomic E-state index is -0.679. The largest absolute Gasteiger partial charge is 0.497 e. The molecule has 1 saturated carbocycles. The average Bonchev–Trinajstić information content (AvgIpc) is 3.44. The number of carbonyl (C=O) groups excluding carboxylic acids is 2. The maximum atomic E-state index is 13.7. The highest BCUT2D eigenvalue weighted by Crippen LogP contribution is 2.22. The molecule has 0 unspecified atom stereocenters. The SMILES string of the molecule is COc1cccc(CN(C(=O)COc2ccc(I)cc2)[C@H](Cc2ccccc2)C(=O)NC2CCCC2)c1. The summed E-state index contributed by atoms with van der Waals surface area (Å²) in [6.07, 6.45) is 4.60. The quantitative estimate of drug-likeness (QED) is 0.296. The Balaban J connectivity index is 1.61. The Morgan fingerprint density at radius 2 is 1.65 bits per heavy atom. The second-order valence-electron chi connectivity index (χ2n) is 9.31. The van der Waals surface area contributed by atoms with Crippen molar-refractivity contribution in [1.82, 2.24) is 10.2 Å². The highest BCUT2D eigenvalue weighted by Gasteiger charge is 2.32. The predicted molar refractivity (Wildman–Crippen MR) is 153 cm³/mol. The van der Waals surface area contributed by atoms with Crippen LogP contribution in [0.3, 0.4) is 0 Å². The first-order chi connectivity index (χ1) is 18.0. The molecule has 0 saturated heterocycles. The number of amides is 2. The minimum Gasteiger partial charge on any atom is -0.497 e. The van der Waals surface area contributed by atoms with Crippen molar-refractivity contribution in [1.29, 1.82) is 0 Å². The van der Waals surface area contributed by atoms with Gasteiger partial charge in [0.05, 0.1) is 7.11 Å². The standard InChI is InChI=1S/C30H33IN2O4/c1-36-27-13-7-10-23(18-27)20-33(29(34)21-37-26-16-14-24(31)15-17-26)28(19-22-8-3-2-4-9-22)30(35)32-25-11-5-6-12-25/h2-4,7-10,13-18,25,28H,5-6,11-12,19-21H2,1H3,(H,32,35)/t28-/m1/s1. The topological polar surface area (TPSA) is 67.9 Å². The number of halogens is 1. The molecular formula is C30H33IN2O4. The van der Waals surface area contributed by atoms with Gasteiger partial charge in [0.1, 0.15) is 17.5 Å². The van der Waals surface area contributed by atoms with E-state index in [0.29, 0.717) is 17.9 Å². The van der Waals surface area contributed by atoms with Gasteiger partial charge in [-0.25, -0.2) is 0 Å². The van der Waals surface area contributed by atoms with E-state index in [1.807, 2.05) is 78.9 Å². The lowest BCUT2D eigenvalue weighted by Crippen LogP contribution is -2.53. The van der Waals surface area contributed by atoms with Crippen molar-refractivity contribution < 1.29 is 19.1 Å². The summed E-state index contributed by atoms with van der Waals surface area (Å²) < 4.78 is 12.3. The van der Waals surface area contributed by atoms with Gasteiger partial charge in [-0.3, -0.25) is 9.59 Å². The first kappa shape index (κ1) is 27.0. The summed E-state index contributed by atoms with van der Waals surface area (Å²) in [6.45, 7) is 0.105. The van der Waals surface area contributed by atoms with E-state index in [4.69, 9.17) is 9.47 Å². The lowest BCUT2D eigenvalue weighted by Gasteiger charge is -2.32. The van der Waals surface area contributed by atoms with Gasteiger partial charge in [0.2, 0.25) is 5.91 Å². The minimum absolute atomic E-state index is 0.124. The second-order valence-corrected chi connectivity index (χ2v) is 10.6. The molecule has 0 aliphatic heterocycles. The van der Waals surface area contributed by atoms with Crippen LogP contribution in [0.15, 0.2) is 78.9 Å². The van der Waals surface area contributed by atoms with Crippen molar-refractivity contribution in [2.24, 2.45) is 0 Å². The van der Waals surface area contributed by atoms with Crippen molar-refractivity contribution in [3.8, 4) is 11.5 Å². The van der Waals surface area contributed by atoms with E-state index in [9.17, 15) is 9.59 Å². The molecule has 4 rings (SSSR count). The molecule has 0 radical (unpaired) electrons.